The molecule has 0 saturated heterocycles. The van der Waals surface area contributed by atoms with Gasteiger partial charge < -0.3 is 10.2 Å². The zero-order valence-corrected chi connectivity index (χ0v) is 16.0. The predicted octanol–water partition coefficient (Wildman–Crippen LogP) is 3.92. The maximum atomic E-state index is 12.0. The minimum atomic E-state index is -0.292. The van der Waals surface area contributed by atoms with Crippen molar-refractivity contribution in [2.75, 3.05) is 6.61 Å². The van der Waals surface area contributed by atoms with Crippen LogP contribution in [0.1, 0.15) is 64.7 Å². The number of rotatable bonds is 14. The number of aliphatic hydroxyl groups excluding tert-OH is 2. The van der Waals surface area contributed by atoms with Gasteiger partial charge in [0.15, 0.2) is 5.78 Å². The Morgan fingerprint density at radius 3 is 2.77 bits per heavy atom. The number of carbonyl (C=O) groups excluding carboxylic acids is 2. The minimum Gasteiger partial charge on any atom is -0.396 e. The second-order valence-electron chi connectivity index (χ2n) is 7.02. The fourth-order valence-corrected chi connectivity index (χ4v) is 3.10. The molecule has 3 atom stereocenters. The van der Waals surface area contributed by atoms with Crippen molar-refractivity contribution in [2.24, 2.45) is 11.8 Å². The van der Waals surface area contributed by atoms with Gasteiger partial charge in [0.05, 0.1) is 6.10 Å². The molecule has 0 fully saturated rings. The van der Waals surface area contributed by atoms with Crippen molar-refractivity contribution in [2.45, 2.75) is 70.8 Å². The van der Waals surface area contributed by atoms with Crippen LogP contribution >= 0.6 is 0 Å². The summed E-state index contributed by atoms with van der Waals surface area (Å²) in [6.45, 7) is 2.04. The maximum absolute atomic E-state index is 12.0. The quantitative estimate of drug-likeness (QED) is 0.363. The van der Waals surface area contributed by atoms with Crippen LogP contribution in [0.2, 0.25) is 0 Å². The molecule has 0 heterocycles. The fourth-order valence-electron chi connectivity index (χ4n) is 3.10. The third-order valence-electron chi connectivity index (χ3n) is 4.74. The van der Waals surface area contributed by atoms with Crippen molar-refractivity contribution in [3.8, 4) is 0 Å². The van der Waals surface area contributed by atoms with Crippen LogP contribution in [0.4, 0.5) is 0 Å². The van der Waals surface area contributed by atoms with Crippen molar-refractivity contribution in [1.29, 1.82) is 0 Å². The molecule has 0 amide bonds. The van der Waals surface area contributed by atoms with Gasteiger partial charge >= 0.3 is 0 Å². The summed E-state index contributed by atoms with van der Waals surface area (Å²) < 4.78 is 0. The van der Waals surface area contributed by atoms with Gasteiger partial charge in [-0.3, -0.25) is 9.59 Å². The van der Waals surface area contributed by atoms with Crippen LogP contribution in [-0.2, 0) is 9.59 Å². The van der Waals surface area contributed by atoms with Gasteiger partial charge in [-0.2, -0.15) is 0 Å². The summed E-state index contributed by atoms with van der Waals surface area (Å²) in [6, 6.07) is 0. The van der Waals surface area contributed by atoms with Gasteiger partial charge in [0.1, 0.15) is 5.78 Å². The van der Waals surface area contributed by atoms with Crippen LogP contribution in [0, 0.1) is 11.8 Å². The van der Waals surface area contributed by atoms with Crippen molar-refractivity contribution in [1.82, 2.24) is 0 Å². The van der Waals surface area contributed by atoms with Gasteiger partial charge in [0.2, 0.25) is 0 Å². The van der Waals surface area contributed by atoms with E-state index < -0.39 is 0 Å². The number of hydrogen-bond donors (Lipinski definition) is 2. The fraction of sp³-hybridized carbons (Fsp3) is 0.636. The molecule has 0 aromatic heterocycles. The lowest BCUT2D eigenvalue weighted by Gasteiger charge is -2.13. The van der Waals surface area contributed by atoms with E-state index in [4.69, 9.17) is 5.11 Å². The van der Waals surface area contributed by atoms with Gasteiger partial charge in [0, 0.05) is 31.3 Å². The summed E-state index contributed by atoms with van der Waals surface area (Å²) in [5.41, 5.74) is 0. The first-order valence-electron chi connectivity index (χ1n) is 9.92. The predicted molar refractivity (Wildman–Crippen MR) is 105 cm³/mol. The van der Waals surface area contributed by atoms with E-state index in [-0.39, 0.29) is 42.5 Å². The van der Waals surface area contributed by atoms with Crippen LogP contribution in [-0.4, -0.2) is 34.5 Å². The smallest absolute Gasteiger partial charge is 0.159 e. The Kier molecular flexibility index (Phi) is 11.8. The van der Waals surface area contributed by atoms with Gasteiger partial charge in [-0.05, 0) is 38.2 Å². The molecular weight excluding hydrogens is 328 g/mol. The molecule has 0 aromatic rings. The van der Waals surface area contributed by atoms with E-state index in [2.05, 4.69) is 6.92 Å². The van der Waals surface area contributed by atoms with Crippen LogP contribution in [0.25, 0.3) is 0 Å². The Hall–Kier alpha value is -1.52. The zero-order chi connectivity index (χ0) is 19.2. The molecular formula is C22H34O4. The lowest BCUT2D eigenvalue weighted by atomic mass is 9.90. The third kappa shape index (κ3) is 9.25. The van der Waals surface area contributed by atoms with Gasteiger partial charge in [-0.15, -0.1) is 0 Å². The molecule has 0 spiro atoms. The molecule has 4 nitrogen and oxygen atoms in total. The first kappa shape index (κ1) is 22.5. The average Bonchev–Trinajstić information content (AvgIpc) is 2.96. The van der Waals surface area contributed by atoms with E-state index in [1.54, 1.807) is 6.08 Å². The second-order valence-corrected chi connectivity index (χ2v) is 7.02. The molecule has 2 N–H and O–H groups in total. The maximum Gasteiger partial charge on any atom is 0.159 e. The van der Waals surface area contributed by atoms with Crippen molar-refractivity contribution in [3.05, 3.63) is 36.5 Å². The molecule has 146 valence electrons. The number of carbonyl (C=O) groups is 2. The number of ketones is 2. The summed E-state index contributed by atoms with van der Waals surface area (Å²) in [6.07, 6.45) is 18.1. The monoisotopic (exact) mass is 362 g/mol. The molecule has 1 unspecified atom stereocenters. The number of aliphatic hydroxyl groups is 2. The second kappa shape index (κ2) is 13.7. The number of hydrogen-bond acceptors (Lipinski definition) is 4. The number of allylic oxidation sites excluding steroid dienone is 5. The van der Waals surface area contributed by atoms with Gasteiger partial charge in [-0.25, -0.2) is 0 Å². The van der Waals surface area contributed by atoms with E-state index in [0.29, 0.717) is 19.3 Å². The highest BCUT2D eigenvalue weighted by Gasteiger charge is 2.26. The molecule has 0 saturated carbocycles. The minimum absolute atomic E-state index is 0.0497. The van der Waals surface area contributed by atoms with Crippen LogP contribution in [0.15, 0.2) is 36.5 Å². The summed E-state index contributed by atoms with van der Waals surface area (Å²) in [7, 11) is 0. The van der Waals surface area contributed by atoms with Crippen molar-refractivity contribution < 1.29 is 19.8 Å². The first-order valence-corrected chi connectivity index (χ1v) is 9.92. The Labute approximate surface area is 157 Å². The van der Waals surface area contributed by atoms with E-state index in [0.717, 1.165) is 32.1 Å². The van der Waals surface area contributed by atoms with Gasteiger partial charge in [0.25, 0.3) is 0 Å². The molecule has 0 radical (unpaired) electrons. The van der Waals surface area contributed by atoms with Crippen molar-refractivity contribution >= 4 is 11.6 Å². The largest absolute Gasteiger partial charge is 0.396 e. The van der Waals surface area contributed by atoms with E-state index >= 15 is 0 Å². The molecule has 26 heavy (non-hydrogen) atoms. The molecule has 1 rings (SSSR count). The SMILES string of the molecule is CCCCC(O)CC=C[C@H]1C=CC(=O)[C@@H]1CC=CCCCC(=O)CCO. The highest BCUT2D eigenvalue weighted by atomic mass is 16.3. The summed E-state index contributed by atoms with van der Waals surface area (Å²) in [5.74, 6) is 0.319. The average molecular weight is 363 g/mol. The lowest BCUT2D eigenvalue weighted by molar-refractivity contribution is -0.120. The standard InChI is InChI=1S/C22H34O4/c1-2-3-10-19(24)12-8-9-18-14-15-22(26)21(18)13-7-5-4-6-11-20(25)16-17-23/h5,7-9,14-15,18-19,21,23-24H,2-4,6,10-13,16-17H2,1H3/t18-,19?,21+/m0/s1. The first-order chi connectivity index (χ1) is 12.6. The highest BCUT2D eigenvalue weighted by molar-refractivity contribution is 5.95. The Balaban J connectivity index is 2.31. The summed E-state index contributed by atoms with van der Waals surface area (Å²) in [5, 5.41) is 18.6. The molecule has 1 aliphatic carbocycles. The Bertz CT molecular complexity index is 504. The van der Waals surface area contributed by atoms with Gasteiger partial charge in [-0.1, -0.05) is 50.1 Å². The van der Waals surface area contributed by atoms with E-state index in [1.807, 2.05) is 30.4 Å². The highest BCUT2D eigenvalue weighted by Crippen LogP contribution is 2.27. The molecule has 0 bridgehead atoms. The van der Waals surface area contributed by atoms with Crippen LogP contribution < -0.4 is 0 Å². The number of Topliss-reactive ketones (excluding diaryl/α,β-unsaturated/α-hetero) is 1. The third-order valence-corrected chi connectivity index (χ3v) is 4.74. The summed E-state index contributed by atoms with van der Waals surface area (Å²) >= 11 is 0. The van der Waals surface area contributed by atoms with Crippen LogP contribution in [0.5, 0.6) is 0 Å². The number of unbranched alkanes of at least 4 members (excludes halogenated alkanes) is 2. The molecule has 4 heteroatoms. The molecule has 0 aromatic carbocycles. The topological polar surface area (TPSA) is 74.6 Å². The summed E-state index contributed by atoms with van der Waals surface area (Å²) in [4.78, 5) is 23.3. The molecule has 1 aliphatic rings. The van der Waals surface area contributed by atoms with E-state index in [9.17, 15) is 14.7 Å². The van der Waals surface area contributed by atoms with Crippen molar-refractivity contribution in [3.63, 3.8) is 0 Å². The normalized spacial score (nSPS) is 21.3. The lowest BCUT2D eigenvalue weighted by Crippen LogP contribution is -2.13. The molecule has 0 aliphatic heterocycles. The Morgan fingerprint density at radius 1 is 1.23 bits per heavy atom. The van der Waals surface area contributed by atoms with E-state index in [1.165, 1.54) is 0 Å². The zero-order valence-electron chi connectivity index (χ0n) is 16.0. The van der Waals surface area contributed by atoms with Crippen LogP contribution in [0.3, 0.4) is 0 Å². The Morgan fingerprint density at radius 2 is 2.04 bits per heavy atom.